The summed E-state index contributed by atoms with van der Waals surface area (Å²) < 4.78 is 2.16. The van der Waals surface area contributed by atoms with Crippen LogP contribution < -0.4 is 5.32 Å². The van der Waals surface area contributed by atoms with E-state index in [0.29, 0.717) is 17.3 Å². The quantitative estimate of drug-likeness (QED) is 0.457. The fourth-order valence-electron chi connectivity index (χ4n) is 3.47. The minimum absolute atomic E-state index is 0.144. The van der Waals surface area contributed by atoms with E-state index in [-0.39, 0.29) is 11.7 Å². The van der Waals surface area contributed by atoms with Gasteiger partial charge in [-0.2, -0.15) is 5.26 Å². The summed E-state index contributed by atoms with van der Waals surface area (Å²) in [5.74, 6) is 0.906. The first-order valence-corrected chi connectivity index (χ1v) is 10.7. The number of amides is 1. The molecule has 8 heteroatoms. The van der Waals surface area contributed by atoms with Crippen molar-refractivity contribution in [3.63, 3.8) is 0 Å². The molecule has 0 bridgehead atoms. The van der Waals surface area contributed by atoms with E-state index in [9.17, 15) is 4.79 Å². The number of thioether (sulfide) groups is 1. The van der Waals surface area contributed by atoms with E-state index in [1.807, 2.05) is 24.4 Å². The topological polar surface area (TPSA) is 99.4 Å². The Labute approximate surface area is 177 Å². The van der Waals surface area contributed by atoms with Crippen molar-refractivity contribution in [3.05, 3.63) is 60.3 Å². The molecule has 1 fully saturated rings. The average molecular weight is 414 g/mol. The lowest BCUT2D eigenvalue weighted by Gasteiger charge is -2.09. The second kappa shape index (κ2) is 7.69. The Kier molecular flexibility index (Phi) is 4.73. The van der Waals surface area contributed by atoms with Crippen LogP contribution in [0.2, 0.25) is 0 Å². The molecule has 0 aliphatic heterocycles. The number of nitriles is 1. The van der Waals surface area contributed by atoms with Gasteiger partial charge in [-0.1, -0.05) is 36.0 Å². The highest BCUT2D eigenvalue weighted by molar-refractivity contribution is 7.99. The number of benzene rings is 2. The van der Waals surface area contributed by atoms with Crippen LogP contribution in [0.4, 0.5) is 5.69 Å². The lowest BCUT2D eigenvalue weighted by atomic mass is 10.1. The number of para-hydroxylation sites is 1. The summed E-state index contributed by atoms with van der Waals surface area (Å²) in [6.07, 6.45) is 4.15. The SMILES string of the molecule is N#Cc1cccc(NC(=O)CSc2nnc(-c3c[nH]c4ccccc34)n2C2CC2)c1. The number of hydrogen-bond donors (Lipinski definition) is 2. The van der Waals surface area contributed by atoms with Crippen molar-refractivity contribution in [2.45, 2.75) is 24.0 Å². The second-order valence-corrected chi connectivity index (χ2v) is 8.13. The predicted molar refractivity (Wildman–Crippen MR) is 116 cm³/mol. The third-order valence-corrected chi connectivity index (χ3v) is 5.96. The molecule has 0 atom stereocenters. The summed E-state index contributed by atoms with van der Waals surface area (Å²) in [6, 6.07) is 17.5. The molecule has 30 heavy (non-hydrogen) atoms. The Hall–Kier alpha value is -3.57. The minimum atomic E-state index is -0.144. The summed E-state index contributed by atoms with van der Waals surface area (Å²) in [7, 11) is 0. The van der Waals surface area contributed by atoms with E-state index in [1.54, 1.807) is 24.3 Å². The van der Waals surface area contributed by atoms with Gasteiger partial charge in [0.2, 0.25) is 5.91 Å². The van der Waals surface area contributed by atoms with Crippen molar-refractivity contribution < 1.29 is 4.79 Å². The van der Waals surface area contributed by atoms with Crippen LogP contribution in [0.15, 0.2) is 59.9 Å². The number of aromatic nitrogens is 4. The normalized spacial score (nSPS) is 13.3. The zero-order valence-electron chi connectivity index (χ0n) is 16.0. The van der Waals surface area contributed by atoms with Crippen molar-refractivity contribution >= 4 is 34.3 Å². The molecule has 0 radical (unpaired) electrons. The van der Waals surface area contributed by atoms with Crippen LogP contribution in [-0.2, 0) is 4.79 Å². The van der Waals surface area contributed by atoms with Crippen LogP contribution in [0.1, 0.15) is 24.4 Å². The first kappa shape index (κ1) is 18.5. The van der Waals surface area contributed by atoms with Crippen LogP contribution in [0.5, 0.6) is 0 Å². The summed E-state index contributed by atoms with van der Waals surface area (Å²) >= 11 is 1.38. The fourth-order valence-corrected chi connectivity index (χ4v) is 4.28. The van der Waals surface area contributed by atoms with Crippen molar-refractivity contribution in [2.75, 3.05) is 11.1 Å². The van der Waals surface area contributed by atoms with E-state index in [2.05, 4.69) is 37.2 Å². The first-order chi connectivity index (χ1) is 14.7. The van der Waals surface area contributed by atoms with Gasteiger partial charge < -0.3 is 10.3 Å². The van der Waals surface area contributed by atoms with E-state index in [0.717, 1.165) is 40.3 Å². The minimum Gasteiger partial charge on any atom is -0.360 e. The predicted octanol–water partition coefficient (Wildman–Crippen LogP) is 4.36. The molecule has 2 aromatic carbocycles. The molecule has 2 N–H and O–H groups in total. The molecule has 2 heterocycles. The van der Waals surface area contributed by atoms with Crippen LogP contribution in [0.25, 0.3) is 22.3 Å². The molecule has 0 saturated heterocycles. The van der Waals surface area contributed by atoms with E-state index < -0.39 is 0 Å². The Morgan fingerprint density at radius 1 is 1.23 bits per heavy atom. The number of aromatic amines is 1. The van der Waals surface area contributed by atoms with Gasteiger partial charge in [0.15, 0.2) is 11.0 Å². The van der Waals surface area contributed by atoms with Crippen molar-refractivity contribution in [2.24, 2.45) is 0 Å². The molecule has 1 amide bonds. The first-order valence-electron chi connectivity index (χ1n) is 9.67. The zero-order valence-corrected chi connectivity index (χ0v) is 16.8. The number of anilines is 1. The molecule has 2 aromatic heterocycles. The summed E-state index contributed by atoms with van der Waals surface area (Å²) in [5.41, 5.74) is 3.21. The van der Waals surface area contributed by atoms with Gasteiger partial charge in [-0.05, 0) is 37.1 Å². The number of H-pyrrole nitrogens is 1. The molecular formula is C22H18N6OS. The van der Waals surface area contributed by atoms with E-state index in [1.165, 1.54) is 11.8 Å². The van der Waals surface area contributed by atoms with E-state index in [4.69, 9.17) is 5.26 Å². The molecule has 0 spiro atoms. The second-order valence-electron chi connectivity index (χ2n) is 7.18. The van der Waals surface area contributed by atoms with Crippen LogP contribution in [-0.4, -0.2) is 31.4 Å². The number of carbonyl (C=O) groups is 1. The Balaban J connectivity index is 1.35. The van der Waals surface area contributed by atoms with Gasteiger partial charge in [0.05, 0.1) is 17.4 Å². The van der Waals surface area contributed by atoms with Crippen LogP contribution >= 0.6 is 11.8 Å². The summed E-state index contributed by atoms with van der Waals surface area (Å²) in [4.78, 5) is 15.7. The van der Waals surface area contributed by atoms with E-state index >= 15 is 0 Å². The van der Waals surface area contributed by atoms with Crippen molar-refractivity contribution in [1.82, 2.24) is 19.7 Å². The van der Waals surface area contributed by atoms with Gasteiger partial charge in [0.1, 0.15) is 0 Å². The number of carbonyl (C=O) groups excluding carboxylic acids is 1. The Morgan fingerprint density at radius 3 is 2.93 bits per heavy atom. The number of rotatable bonds is 6. The number of hydrogen-bond acceptors (Lipinski definition) is 5. The lowest BCUT2D eigenvalue weighted by Crippen LogP contribution is -2.14. The molecule has 4 aromatic rings. The molecule has 148 valence electrons. The lowest BCUT2D eigenvalue weighted by molar-refractivity contribution is -0.113. The highest BCUT2D eigenvalue weighted by atomic mass is 32.2. The number of nitrogens with one attached hydrogen (secondary N) is 2. The molecule has 7 nitrogen and oxygen atoms in total. The van der Waals surface area contributed by atoms with Crippen LogP contribution in [0, 0.1) is 11.3 Å². The van der Waals surface area contributed by atoms with Gasteiger partial charge in [0.25, 0.3) is 0 Å². The highest BCUT2D eigenvalue weighted by Gasteiger charge is 2.31. The number of nitrogens with zero attached hydrogens (tertiary/aromatic N) is 4. The monoisotopic (exact) mass is 414 g/mol. The molecule has 1 saturated carbocycles. The van der Waals surface area contributed by atoms with Gasteiger partial charge in [-0.3, -0.25) is 9.36 Å². The number of fused-ring (bicyclic) bond motifs is 1. The maximum Gasteiger partial charge on any atom is 0.234 e. The van der Waals surface area contributed by atoms with Gasteiger partial charge >= 0.3 is 0 Å². The fraction of sp³-hybridized carbons (Fsp3) is 0.182. The molecule has 1 aliphatic carbocycles. The molecule has 0 unspecified atom stereocenters. The summed E-state index contributed by atoms with van der Waals surface area (Å²) in [5, 5.41) is 22.5. The third-order valence-electron chi connectivity index (χ3n) is 5.01. The third kappa shape index (κ3) is 3.55. The van der Waals surface area contributed by atoms with Gasteiger partial charge in [-0.15, -0.1) is 10.2 Å². The van der Waals surface area contributed by atoms with Crippen LogP contribution in [0.3, 0.4) is 0 Å². The molecule has 5 rings (SSSR count). The largest absolute Gasteiger partial charge is 0.360 e. The summed E-state index contributed by atoms with van der Waals surface area (Å²) in [6.45, 7) is 0. The maximum absolute atomic E-state index is 12.4. The smallest absolute Gasteiger partial charge is 0.234 e. The standard InChI is InChI=1S/C22H18N6OS/c23-11-14-4-3-5-15(10-14)25-20(29)13-30-22-27-26-21(28(22)16-8-9-16)18-12-24-19-7-2-1-6-17(18)19/h1-7,10,12,16,24H,8-9,13H2,(H,25,29). The average Bonchev–Trinajstić information content (AvgIpc) is 3.38. The zero-order chi connectivity index (χ0) is 20.5. The van der Waals surface area contributed by atoms with Gasteiger partial charge in [-0.25, -0.2) is 0 Å². The van der Waals surface area contributed by atoms with Gasteiger partial charge in [0, 0.05) is 34.4 Å². The highest BCUT2D eigenvalue weighted by Crippen LogP contribution is 2.42. The Bertz CT molecular complexity index is 1280. The maximum atomic E-state index is 12.4. The molecule has 1 aliphatic rings. The van der Waals surface area contributed by atoms with Crippen molar-refractivity contribution in [3.8, 4) is 17.5 Å². The van der Waals surface area contributed by atoms with Crippen molar-refractivity contribution in [1.29, 1.82) is 5.26 Å². The molecular weight excluding hydrogens is 396 g/mol. The Morgan fingerprint density at radius 2 is 2.10 bits per heavy atom.